The van der Waals surface area contributed by atoms with Crippen molar-refractivity contribution in [2.75, 3.05) is 30.1 Å². The number of benzene rings is 1. The molecule has 2 rings (SSSR count). The van der Waals surface area contributed by atoms with Gasteiger partial charge in [0.1, 0.15) is 13.2 Å². The highest BCUT2D eigenvalue weighted by Crippen LogP contribution is 2.20. The van der Waals surface area contributed by atoms with Crippen molar-refractivity contribution in [3.63, 3.8) is 0 Å². The highest BCUT2D eigenvalue weighted by Gasteiger charge is 2.05. The van der Waals surface area contributed by atoms with E-state index in [1.807, 2.05) is 24.3 Å². The van der Waals surface area contributed by atoms with E-state index in [2.05, 4.69) is 25.9 Å². The van der Waals surface area contributed by atoms with Gasteiger partial charge in [-0.05, 0) is 0 Å². The molecule has 0 bridgehead atoms. The van der Waals surface area contributed by atoms with E-state index in [9.17, 15) is 14.9 Å². The molecule has 134 valence electrons. The van der Waals surface area contributed by atoms with Crippen LogP contribution in [0.3, 0.4) is 0 Å². The summed E-state index contributed by atoms with van der Waals surface area (Å²) in [7, 11) is 2.83. The van der Waals surface area contributed by atoms with Crippen molar-refractivity contribution in [3.8, 4) is 0 Å². The van der Waals surface area contributed by atoms with Crippen LogP contribution in [-0.4, -0.2) is 46.1 Å². The smallest absolute Gasteiger partial charge is 0.426 e. The third kappa shape index (κ3) is 6.89. The molecule has 0 aliphatic rings. The Morgan fingerprint density at radius 2 is 2.00 bits per heavy atom. The van der Waals surface area contributed by atoms with Gasteiger partial charge in [0.2, 0.25) is 0 Å². The van der Waals surface area contributed by atoms with Crippen LogP contribution in [0.25, 0.3) is 10.8 Å². The fourth-order valence-corrected chi connectivity index (χ4v) is 3.34. The average Bonchev–Trinajstić information content (AvgIpc) is 2.62. The number of amides is 1. The summed E-state index contributed by atoms with van der Waals surface area (Å²) in [5.74, 6) is 1.44. The van der Waals surface area contributed by atoms with Gasteiger partial charge in [0, 0.05) is 22.3 Å². The van der Waals surface area contributed by atoms with Crippen molar-refractivity contribution >= 4 is 44.3 Å². The Balaban J connectivity index is 1.60. The Morgan fingerprint density at radius 1 is 1.24 bits per heavy atom. The monoisotopic (exact) mass is 385 g/mol. The quantitative estimate of drug-likeness (QED) is 0.272. The summed E-state index contributed by atoms with van der Waals surface area (Å²) in [6, 6.07) is 7.49. The number of nitrogens with one attached hydrogen (secondary N) is 2. The number of ether oxygens (including phenoxy) is 1. The first-order valence-electron chi connectivity index (χ1n) is 7.08. The fraction of sp³-hybridized carbons (Fsp3) is 0.308. The molecule has 1 aromatic heterocycles. The maximum atomic E-state index is 11.6. The Bertz CT molecular complexity index is 715. The summed E-state index contributed by atoms with van der Waals surface area (Å²) in [6.45, 7) is 0.227. The molecule has 0 saturated heterocycles. The number of nitrogens with zero attached hydrogens (tertiary/aromatic N) is 3. The lowest BCUT2D eigenvalue weighted by atomic mass is 10.2. The van der Waals surface area contributed by atoms with Gasteiger partial charge in [-0.2, -0.15) is 5.10 Å². The van der Waals surface area contributed by atoms with Crippen LogP contribution in [0, 0.1) is 10.1 Å². The lowest BCUT2D eigenvalue weighted by Crippen LogP contribution is -2.31. The molecule has 12 heteroatoms. The van der Waals surface area contributed by atoms with Gasteiger partial charge in [-0.15, -0.1) is 15.2 Å². The van der Waals surface area contributed by atoms with Crippen molar-refractivity contribution in [1.82, 2.24) is 15.6 Å². The minimum atomic E-state index is -0.827. The molecule has 0 spiro atoms. The normalized spacial score (nSPS) is 10.2. The number of hydrazine groups is 1. The summed E-state index contributed by atoms with van der Waals surface area (Å²) in [4.78, 5) is 25.7. The molecule has 2 aromatic rings. The molecule has 10 nitrogen and oxygen atoms in total. The molecular weight excluding hydrogens is 370 g/mol. The Morgan fingerprint density at radius 3 is 2.80 bits per heavy atom. The highest BCUT2D eigenvalue weighted by molar-refractivity contribution is 8.76. The third-order valence-electron chi connectivity index (χ3n) is 2.70. The molecule has 0 fully saturated rings. The van der Waals surface area contributed by atoms with E-state index in [0.29, 0.717) is 17.3 Å². The van der Waals surface area contributed by atoms with E-state index >= 15 is 0 Å². The van der Waals surface area contributed by atoms with Gasteiger partial charge in [-0.25, -0.2) is 10.2 Å². The van der Waals surface area contributed by atoms with Crippen molar-refractivity contribution in [2.24, 2.45) is 0 Å². The maximum Gasteiger partial charge on any atom is 0.426 e. The Labute approximate surface area is 150 Å². The van der Waals surface area contributed by atoms with Crippen LogP contribution in [0.2, 0.25) is 0 Å². The van der Waals surface area contributed by atoms with Crippen molar-refractivity contribution in [2.45, 2.75) is 0 Å². The number of anilines is 1. The summed E-state index contributed by atoms with van der Waals surface area (Å²) in [5, 5.41) is 18.6. The van der Waals surface area contributed by atoms with Crippen LogP contribution >= 0.6 is 21.6 Å². The molecule has 2 N–H and O–H groups in total. The second-order valence-electron chi connectivity index (χ2n) is 4.37. The first-order chi connectivity index (χ1) is 12.2. The van der Waals surface area contributed by atoms with Gasteiger partial charge in [-0.3, -0.25) is 5.43 Å². The highest BCUT2D eigenvalue weighted by atomic mass is 33.1. The minimum absolute atomic E-state index is 0.0298. The van der Waals surface area contributed by atoms with Gasteiger partial charge < -0.3 is 9.57 Å². The fourth-order valence-electron chi connectivity index (χ4n) is 1.70. The Kier molecular flexibility index (Phi) is 7.85. The lowest BCUT2D eigenvalue weighted by Gasteiger charge is -2.09. The van der Waals surface area contributed by atoms with Crippen molar-refractivity contribution < 1.29 is 19.5 Å². The van der Waals surface area contributed by atoms with Crippen LogP contribution in [0.4, 0.5) is 10.6 Å². The zero-order valence-electron chi connectivity index (χ0n) is 12.9. The number of rotatable bonds is 10. The number of fused-ring (bicyclic) bond motifs is 1. The molecule has 0 saturated carbocycles. The third-order valence-corrected chi connectivity index (χ3v) is 5.03. The molecule has 25 heavy (non-hydrogen) atoms. The summed E-state index contributed by atoms with van der Waals surface area (Å²) >= 11 is 0. The predicted octanol–water partition coefficient (Wildman–Crippen LogP) is 2.27. The summed E-state index contributed by atoms with van der Waals surface area (Å²) in [6.07, 6.45) is 0.988. The van der Waals surface area contributed by atoms with E-state index in [1.54, 1.807) is 6.20 Å². The SMILES string of the molecule is O=C(NNc1nncc2ccccc12)OCCSSCCO[N+](=O)[O-]. The molecular formula is C13H15N5O5S2. The topological polar surface area (TPSA) is 129 Å². The van der Waals surface area contributed by atoms with Crippen LogP contribution in [-0.2, 0) is 9.57 Å². The second kappa shape index (κ2) is 10.4. The number of hydrogen-bond donors (Lipinski definition) is 2. The molecule has 0 unspecified atom stereocenters. The average molecular weight is 385 g/mol. The molecule has 0 aliphatic carbocycles. The molecule has 1 amide bonds. The number of aromatic nitrogens is 2. The number of hydrogen-bond acceptors (Lipinski definition) is 10. The van der Waals surface area contributed by atoms with E-state index in [0.717, 1.165) is 10.8 Å². The van der Waals surface area contributed by atoms with E-state index in [4.69, 9.17) is 4.74 Å². The van der Waals surface area contributed by atoms with Gasteiger partial charge in [0.15, 0.2) is 5.82 Å². The lowest BCUT2D eigenvalue weighted by molar-refractivity contribution is -0.756. The van der Waals surface area contributed by atoms with Crippen LogP contribution in [0.15, 0.2) is 30.5 Å². The predicted molar refractivity (Wildman–Crippen MR) is 95.5 cm³/mol. The van der Waals surface area contributed by atoms with E-state index in [1.165, 1.54) is 21.6 Å². The number of carbonyl (C=O) groups is 1. The molecule has 0 aliphatic heterocycles. The van der Waals surface area contributed by atoms with Crippen molar-refractivity contribution in [3.05, 3.63) is 40.6 Å². The van der Waals surface area contributed by atoms with Gasteiger partial charge in [0.05, 0.1) is 6.20 Å². The molecule has 1 aromatic carbocycles. The van der Waals surface area contributed by atoms with Crippen LogP contribution < -0.4 is 10.9 Å². The van der Waals surface area contributed by atoms with Gasteiger partial charge in [-0.1, -0.05) is 45.9 Å². The first-order valence-corrected chi connectivity index (χ1v) is 9.56. The first kappa shape index (κ1) is 18.9. The largest absolute Gasteiger partial charge is 0.447 e. The number of carbonyl (C=O) groups excluding carboxylic acids is 1. The maximum absolute atomic E-state index is 11.6. The van der Waals surface area contributed by atoms with Gasteiger partial charge in [0.25, 0.3) is 5.09 Å². The molecule has 1 heterocycles. The van der Waals surface area contributed by atoms with E-state index in [-0.39, 0.29) is 13.2 Å². The summed E-state index contributed by atoms with van der Waals surface area (Å²) in [5.41, 5.74) is 5.07. The zero-order valence-corrected chi connectivity index (χ0v) is 14.5. The van der Waals surface area contributed by atoms with Crippen LogP contribution in [0.1, 0.15) is 0 Å². The summed E-state index contributed by atoms with van der Waals surface area (Å²) < 4.78 is 4.99. The zero-order chi connectivity index (χ0) is 17.9. The second-order valence-corrected chi connectivity index (χ2v) is 7.07. The van der Waals surface area contributed by atoms with Crippen molar-refractivity contribution in [1.29, 1.82) is 0 Å². The molecule has 0 radical (unpaired) electrons. The molecule has 0 atom stereocenters. The standard InChI is InChI=1S/C13H15N5O5S2/c19-13(22-5-7-24-25-8-6-23-18(20)21)17-16-12-11-4-2-1-3-10(11)9-14-15-12/h1-4,9H,5-8H2,(H,15,16)(H,17,19). The minimum Gasteiger partial charge on any atom is -0.447 e. The van der Waals surface area contributed by atoms with Crippen LogP contribution in [0.5, 0.6) is 0 Å². The van der Waals surface area contributed by atoms with Gasteiger partial charge >= 0.3 is 6.09 Å². The van der Waals surface area contributed by atoms with E-state index < -0.39 is 11.2 Å². The Hall–Kier alpha value is -2.47.